The number of hydrogen-bond donors (Lipinski definition) is 1. The average Bonchev–Trinajstić information content (AvgIpc) is 3.16. The van der Waals surface area contributed by atoms with E-state index in [4.69, 9.17) is 9.47 Å². The highest BCUT2D eigenvalue weighted by atomic mass is 16.8. The summed E-state index contributed by atoms with van der Waals surface area (Å²) >= 11 is 0. The van der Waals surface area contributed by atoms with Crippen LogP contribution in [0.2, 0.25) is 0 Å². The zero-order valence-electron chi connectivity index (χ0n) is 9.61. The fourth-order valence-corrected chi connectivity index (χ4v) is 2.67. The molecule has 0 aromatic heterocycles. The minimum absolute atomic E-state index is 0.384. The molecule has 3 heteroatoms. The van der Waals surface area contributed by atoms with Gasteiger partial charge in [0.15, 0.2) is 5.60 Å². The van der Waals surface area contributed by atoms with Crippen molar-refractivity contribution in [2.24, 2.45) is 0 Å². The highest BCUT2D eigenvalue weighted by Gasteiger charge is 2.68. The predicted octanol–water partition coefficient (Wildman–Crippen LogP) is 2.36. The molecule has 2 aliphatic rings. The third-order valence-corrected chi connectivity index (χ3v) is 3.67. The number of benzene rings is 2. The lowest BCUT2D eigenvalue weighted by Crippen LogP contribution is -2.29. The van der Waals surface area contributed by atoms with Gasteiger partial charge in [-0.25, -0.2) is 0 Å². The van der Waals surface area contributed by atoms with Crippen LogP contribution < -0.4 is 4.74 Å². The van der Waals surface area contributed by atoms with Crippen molar-refractivity contribution in [3.8, 4) is 5.75 Å². The standard InChI is InChI=1S/C15H12O3/c16-13-11-8-4-5-9-12(11)17-14-15(13,18-14)10-6-2-1-3-7-10/h1-9,13-14,16H/t13-,14-,15-/m0/s1. The van der Waals surface area contributed by atoms with E-state index in [1.807, 2.05) is 54.6 Å². The zero-order valence-corrected chi connectivity index (χ0v) is 9.61. The Labute approximate surface area is 105 Å². The van der Waals surface area contributed by atoms with Crippen LogP contribution >= 0.6 is 0 Å². The average molecular weight is 240 g/mol. The Morgan fingerprint density at radius 1 is 0.944 bits per heavy atom. The third kappa shape index (κ3) is 1.15. The first-order chi connectivity index (χ1) is 8.82. The van der Waals surface area contributed by atoms with Crippen LogP contribution in [0.1, 0.15) is 17.2 Å². The van der Waals surface area contributed by atoms with Gasteiger partial charge in [0.1, 0.15) is 11.9 Å². The molecule has 1 N–H and O–H groups in total. The molecule has 1 fully saturated rings. The number of aliphatic hydroxyl groups excluding tert-OH is 1. The molecule has 2 aromatic carbocycles. The van der Waals surface area contributed by atoms with Gasteiger partial charge in [0.25, 0.3) is 0 Å². The summed E-state index contributed by atoms with van der Waals surface area (Å²) in [5, 5.41) is 10.6. The predicted molar refractivity (Wildman–Crippen MR) is 65.0 cm³/mol. The smallest absolute Gasteiger partial charge is 0.237 e. The van der Waals surface area contributed by atoms with E-state index in [0.717, 1.165) is 11.1 Å². The Bertz CT molecular complexity index is 596. The Kier molecular flexibility index (Phi) is 1.88. The number of hydrogen-bond acceptors (Lipinski definition) is 3. The molecular formula is C15H12O3. The second-order valence-electron chi connectivity index (χ2n) is 4.67. The minimum atomic E-state index is -0.727. The maximum absolute atomic E-state index is 10.6. The van der Waals surface area contributed by atoms with Gasteiger partial charge in [0.2, 0.25) is 6.29 Å². The summed E-state index contributed by atoms with van der Waals surface area (Å²) in [5.41, 5.74) is 1.02. The van der Waals surface area contributed by atoms with E-state index < -0.39 is 11.7 Å². The highest BCUT2D eigenvalue weighted by molar-refractivity contribution is 5.45. The van der Waals surface area contributed by atoms with Crippen LogP contribution in [0.3, 0.4) is 0 Å². The lowest BCUT2D eigenvalue weighted by Gasteiger charge is -2.26. The Balaban J connectivity index is 1.84. The molecular weight excluding hydrogens is 228 g/mol. The summed E-state index contributed by atoms with van der Waals surface area (Å²) < 4.78 is 11.4. The van der Waals surface area contributed by atoms with Gasteiger partial charge in [-0.3, -0.25) is 0 Å². The van der Waals surface area contributed by atoms with Crippen molar-refractivity contribution in [2.75, 3.05) is 0 Å². The van der Waals surface area contributed by atoms with Crippen molar-refractivity contribution in [2.45, 2.75) is 18.0 Å². The van der Waals surface area contributed by atoms with E-state index >= 15 is 0 Å². The zero-order chi connectivity index (χ0) is 12.2. The van der Waals surface area contributed by atoms with Gasteiger partial charge in [-0.1, -0.05) is 48.5 Å². The molecule has 0 amide bonds. The number of ether oxygens (including phenoxy) is 2. The van der Waals surface area contributed by atoms with Crippen molar-refractivity contribution >= 4 is 0 Å². The van der Waals surface area contributed by atoms with Crippen LogP contribution in [0.4, 0.5) is 0 Å². The number of fused-ring (bicyclic) bond motifs is 2. The fourth-order valence-electron chi connectivity index (χ4n) is 2.67. The van der Waals surface area contributed by atoms with E-state index in [1.165, 1.54) is 0 Å². The lowest BCUT2D eigenvalue weighted by atomic mass is 9.87. The molecule has 0 aliphatic carbocycles. The molecule has 90 valence electrons. The van der Waals surface area contributed by atoms with Crippen molar-refractivity contribution in [3.05, 3.63) is 65.7 Å². The topological polar surface area (TPSA) is 42.0 Å². The van der Waals surface area contributed by atoms with E-state index in [-0.39, 0.29) is 6.29 Å². The van der Waals surface area contributed by atoms with Crippen LogP contribution in [-0.2, 0) is 10.3 Å². The number of aliphatic hydroxyl groups is 1. The van der Waals surface area contributed by atoms with E-state index in [0.29, 0.717) is 5.75 Å². The van der Waals surface area contributed by atoms with Crippen molar-refractivity contribution in [1.29, 1.82) is 0 Å². The summed E-state index contributed by atoms with van der Waals surface area (Å²) in [6.45, 7) is 0. The van der Waals surface area contributed by atoms with Gasteiger partial charge in [0.05, 0.1) is 0 Å². The minimum Gasteiger partial charge on any atom is -0.461 e. The summed E-state index contributed by atoms with van der Waals surface area (Å²) in [4.78, 5) is 0. The van der Waals surface area contributed by atoms with Crippen LogP contribution in [-0.4, -0.2) is 11.4 Å². The Hall–Kier alpha value is -1.84. The normalized spacial score (nSPS) is 32.1. The van der Waals surface area contributed by atoms with Crippen LogP contribution in [0.5, 0.6) is 5.75 Å². The largest absolute Gasteiger partial charge is 0.461 e. The van der Waals surface area contributed by atoms with Crippen molar-refractivity contribution < 1.29 is 14.6 Å². The number of epoxide rings is 1. The highest BCUT2D eigenvalue weighted by Crippen LogP contribution is 2.59. The van der Waals surface area contributed by atoms with Gasteiger partial charge in [0, 0.05) is 5.56 Å². The summed E-state index contributed by atoms with van der Waals surface area (Å²) in [7, 11) is 0. The van der Waals surface area contributed by atoms with Crippen LogP contribution in [0.25, 0.3) is 0 Å². The molecule has 1 saturated heterocycles. The first-order valence-corrected chi connectivity index (χ1v) is 5.99. The van der Waals surface area contributed by atoms with Gasteiger partial charge < -0.3 is 14.6 Å². The quantitative estimate of drug-likeness (QED) is 0.778. The molecule has 2 aliphatic heterocycles. The fraction of sp³-hybridized carbons (Fsp3) is 0.200. The molecule has 18 heavy (non-hydrogen) atoms. The third-order valence-electron chi connectivity index (χ3n) is 3.67. The second-order valence-corrected chi connectivity index (χ2v) is 4.67. The summed E-state index contributed by atoms with van der Waals surface area (Å²) in [6.07, 6.45) is -1.07. The van der Waals surface area contributed by atoms with Gasteiger partial charge in [-0.2, -0.15) is 0 Å². The molecule has 3 nitrogen and oxygen atoms in total. The molecule has 0 saturated carbocycles. The van der Waals surface area contributed by atoms with Crippen molar-refractivity contribution in [1.82, 2.24) is 0 Å². The van der Waals surface area contributed by atoms with Gasteiger partial charge in [-0.15, -0.1) is 0 Å². The molecule has 0 spiro atoms. The van der Waals surface area contributed by atoms with E-state index in [2.05, 4.69) is 0 Å². The molecule has 3 atom stereocenters. The van der Waals surface area contributed by atoms with Gasteiger partial charge >= 0.3 is 0 Å². The lowest BCUT2D eigenvalue weighted by molar-refractivity contribution is 0.0665. The van der Waals surface area contributed by atoms with Crippen molar-refractivity contribution in [3.63, 3.8) is 0 Å². The SMILES string of the molecule is O[C@H]1c2ccccc2O[C@H]2O[C@]21c1ccccc1. The molecule has 0 bridgehead atoms. The Morgan fingerprint density at radius 3 is 2.50 bits per heavy atom. The first kappa shape index (κ1) is 10.1. The van der Waals surface area contributed by atoms with Crippen LogP contribution in [0.15, 0.2) is 54.6 Å². The van der Waals surface area contributed by atoms with Crippen LogP contribution in [0, 0.1) is 0 Å². The second kappa shape index (κ2) is 3.34. The van der Waals surface area contributed by atoms with E-state index in [9.17, 15) is 5.11 Å². The van der Waals surface area contributed by atoms with E-state index in [1.54, 1.807) is 0 Å². The Morgan fingerprint density at radius 2 is 1.67 bits per heavy atom. The number of rotatable bonds is 1. The molecule has 0 radical (unpaired) electrons. The number of para-hydroxylation sites is 1. The maximum atomic E-state index is 10.6. The van der Waals surface area contributed by atoms with Gasteiger partial charge in [-0.05, 0) is 11.6 Å². The maximum Gasteiger partial charge on any atom is 0.237 e. The molecule has 0 unspecified atom stereocenters. The first-order valence-electron chi connectivity index (χ1n) is 5.99. The summed E-state index contributed by atoms with van der Waals surface area (Å²) in [5.74, 6) is 0.707. The summed E-state index contributed by atoms with van der Waals surface area (Å²) in [6, 6.07) is 17.3. The molecule has 2 heterocycles. The molecule has 4 rings (SSSR count). The molecule has 2 aromatic rings. The monoisotopic (exact) mass is 240 g/mol.